The number of hydrogen-bond acceptors (Lipinski definition) is 4. The van der Waals surface area contributed by atoms with Gasteiger partial charge in [-0.05, 0) is 6.07 Å². The minimum Gasteiger partial charge on any atom is -0.332 e. The van der Waals surface area contributed by atoms with Crippen LogP contribution in [0.4, 0.5) is 0 Å². The summed E-state index contributed by atoms with van der Waals surface area (Å²) in [7, 11) is 0. The van der Waals surface area contributed by atoms with Crippen LogP contribution in [0.15, 0.2) is 35.4 Å². The van der Waals surface area contributed by atoms with E-state index >= 15 is 0 Å². The number of fused-ring (bicyclic) bond motifs is 1. The number of amides is 1. The Hall–Kier alpha value is -2.64. The molecule has 9 heteroatoms. The van der Waals surface area contributed by atoms with Crippen molar-refractivity contribution in [2.24, 2.45) is 0 Å². The highest BCUT2D eigenvalue weighted by atomic mass is 35.5. The predicted molar refractivity (Wildman–Crippen MR) is 97.3 cm³/mol. The van der Waals surface area contributed by atoms with Crippen LogP contribution in [0.1, 0.15) is 21.7 Å². The molecule has 1 aliphatic heterocycles. The second-order valence-electron chi connectivity index (χ2n) is 5.90. The Morgan fingerprint density at radius 1 is 1.27 bits per heavy atom. The van der Waals surface area contributed by atoms with Gasteiger partial charge in [-0.2, -0.15) is 5.10 Å². The molecule has 0 saturated heterocycles. The van der Waals surface area contributed by atoms with Crippen LogP contribution >= 0.6 is 23.2 Å². The Balaban J connectivity index is 1.67. The van der Waals surface area contributed by atoms with Gasteiger partial charge in [0.15, 0.2) is 0 Å². The molecule has 1 aliphatic rings. The molecule has 7 nitrogen and oxygen atoms in total. The summed E-state index contributed by atoms with van der Waals surface area (Å²) in [5.41, 5.74) is 3.11. The molecule has 1 amide bonds. The van der Waals surface area contributed by atoms with Gasteiger partial charge >= 0.3 is 0 Å². The van der Waals surface area contributed by atoms with E-state index in [-0.39, 0.29) is 17.2 Å². The number of carbonyl (C=O) groups is 1. The van der Waals surface area contributed by atoms with Gasteiger partial charge in [0.05, 0.1) is 28.5 Å². The van der Waals surface area contributed by atoms with Crippen molar-refractivity contribution >= 4 is 29.1 Å². The normalized spacial score (nSPS) is 13.5. The first-order valence-corrected chi connectivity index (χ1v) is 8.64. The molecule has 0 spiro atoms. The van der Waals surface area contributed by atoms with Gasteiger partial charge in [-0.1, -0.05) is 35.3 Å². The second kappa shape index (κ2) is 6.59. The first-order chi connectivity index (χ1) is 12.5. The fourth-order valence-corrected chi connectivity index (χ4v) is 3.39. The number of H-pyrrole nitrogens is 2. The maximum Gasteiger partial charge on any atom is 0.274 e. The molecule has 4 rings (SSSR count). The Labute approximate surface area is 158 Å². The molecule has 2 aromatic heterocycles. The van der Waals surface area contributed by atoms with Crippen molar-refractivity contribution < 1.29 is 4.79 Å². The molecular formula is C17H13Cl2N5O2. The Morgan fingerprint density at radius 2 is 2.12 bits per heavy atom. The van der Waals surface area contributed by atoms with Crippen molar-refractivity contribution in [2.75, 3.05) is 6.54 Å². The lowest BCUT2D eigenvalue weighted by atomic mass is 10.0. The first kappa shape index (κ1) is 16.8. The largest absolute Gasteiger partial charge is 0.332 e. The van der Waals surface area contributed by atoms with E-state index in [1.54, 1.807) is 17.0 Å². The number of nitrogens with one attached hydrogen (secondary N) is 2. The standard InChI is InChI=1S/C17H13Cl2N5O2/c18-11-3-1-2-9(15(11)19)16-10-8-24(5-4-12(10)22-23-16)17(26)13-6-21-14(25)7-20-13/h1-3,6-7H,4-5,8H2,(H,21,25)(H,22,23). The van der Waals surface area contributed by atoms with Crippen molar-refractivity contribution in [1.82, 2.24) is 25.1 Å². The molecule has 132 valence electrons. The molecule has 0 saturated carbocycles. The van der Waals surface area contributed by atoms with Gasteiger partial charge in [-0.25, -0.2) is 4.98 Å². The average Bonchev–Trinajstić information content (AvgIpc) is 3.07. The number of aromatic amines is 2. The molecule has 26 heavy (non-hydrogen) atoms. The molecule has 2 N–H and O–H groups in total. The van der Waals surface area contributed by atoms with Crippen LogP contribution in [0.5, 0.6) is 0 Å². The lowest BCUT2D eigenvalue weighted by Gasteiger charge is -2.27. The molecule has 0 unspecified atom stereocenters. The van der Waals surface area contributed by atoms with E-state index < -0.39 is 0 Å². The van der Waals surface area contributed by atoms with Crippen molar-refractivity contribution in [1.29, 1.82) is 0 Å². The summed E-state index contributed by atoms with van der Waals surface area (Å²) in [6.07, 6.45) is 3.05. The molecule has 3 heterocycles. The monoisotopic (exact) mass is 389 g/mol. The molecule has 1 aromatic carbocycles. The molecule has 0 aliphatic carbocycles. The number of carbonyl (C=O) groups excluding carboxylic acids is 1. The Bertz CT molecular complexity index is 1040. The highest BCUT2D eigenvalue weighted by Gasteiger charge is 2.27. The smallest absolute Gasteiger partial charge is 0.274 e. The predicted octanol–water partition coefficient (Wildman–Crippen LogP) is 2.67. The topological polar surface area (TPSA) is 94.7 Å². The van der Waals surface area contributed by atoms with Crippen LogP contribution in [0.3, 0.4) is 0 Å². The van der Waals surface area contributed by atoms with E-state index in [1.165, 1.54) is 6.20 Å². The Kier molecular flexibility index (Phi) is 4.26. The van der Waals surface area contributed by atoms with E-state index in [0.717, 1.165) is 17.5 Å². The second-order valence-corrected chi connectivity index (χ2v) is 6.69. The highest BCUT2D eigenvalue weighted by molar-refractivity contribution is 6.43. The number of rotatable bonds is 2. The van der Waals surface area contributed by atoms with Crippen LogP contribution in [0, 0.1) is 0 Å². The fourth-order valence-electron chi connectivity index (χ4n) is 3.00. The minimum absolute atomic E-state index is 0.193. The van der Waals surface area contributed by atoms with Crippen LogP contribution in [0.25, 0.3) is 11.3 Å². The maximum absolute atomic E-state index is 12.7. The lowest BCUT2D eigenvalue weighted by Crippen LogP contribution is -2.36. The van der Waals surface area contributed by atoms with Gasteiger partial charge in [0, 0.05) is 36.0 Å². The summed E-state index contributed by atoms with van der Waals surface area (Å²) in [6, 6.07) is 5.36. The van der Waals surface area contributed by atoms with Gasteiger partial charge < -0.3 is 9.88 Å². The van der Waals surface area contributed by atoms with Gasteiger partial charge in [0.2, 0.25) is 0 Å². The zero-order chi connectivity index (χ0) is 18.3. The number of benzene rings is 1. The van der Waals surface area contributed by atoms with Gasteiger partial charge in [0.25, 0.3) is 11.5 Å². The molecule has 0 atom stereocenters. The average molecular weight is 390 g/mol. The minimum atomic E-state index is -0.352. The third kappa shape index (κ3) is 2.89. The van der Waals surface area contributed by atoms with Crippen molar-refractivity contribution in [3.05, 3.63) is 67.9 Å². The van der Waals surface area contributed by atoms with Crippen LogP contribution in [-0.2, 0) is 13.0 Å². The number of halogens is 2. The molecule has 0 bridgehead atoms. The van der Waals surface area contributed by atoms with E-state index in [2.05, 4.69) is 20.2 Å². The maximum atomic E-state index is 12.7. The summed E-state index contributed by atoms with van der Waals surface area (Å²) in [5, 5.41) is 8.28. The highest BCUT2D eigenvalue weighted by Crippen LogP contribution is 2.36. The summed E-state index contributed by atoms with van der Waals surface area (Å²) in [4.78, 5) is 31.8. The number of hydrogen-bond donors (Lipinski definition) is 2. The van der Waals surface area contributed by atoms with E-state index in [4.69, 9.17) is 23.2 Å². The van der Waals surface area contributed by atoms with E-state index in [9.17, 15) is 9.59 Å². The zero-order valence-electron chi connectivity index (χ0n) is 13.4. The van der Waals surface area contributed by atoms with Crippen LogP contribution in [-0.4, -0.2) is 37.5 Å². The van der Waals surface area contributed by atoms with Crippen LogP contribution in [0.2, 0.25) is 10.0 Å². The lowest BCUT2D eigenvalue weighted by molar-refractivity contribution is 0.0728. The van der Waals surface area contributed by atoms with Gasteiger partial charge in [0.1, 0.15) is 5.69 Å². The molecular weight excluding hydrogens is 377 g/mol. The molecule has 3 aromatic rings. The summed E-state index contributed by atoms with van der Waals surface area (Å²) in [6.45, 7) is 0.890. The van der Waals surface area contributed by atoms with Crippen molar-refractivity contribution in [2.45, 2.75) is 13.0 Å². The molecule has 0 fully saturated rings. The zero-order valence-corrected chi connectivity index (χ0v) is 14.9. The summed E-state index contributed by atoms with van der Waals surface area (Å²) >= 11 is 12.4. The van der Waals surface area contributed by atoms with Crippen molar-refractivity contribution in [3.8, 4) is 11.3 Å². The van der Waals surface area contributed by atoms with E-state index in [0.29, 0.717) is 40.8 Å². The summed E-state index contributed by atoms with van der Waals surface area (Å²) in [5.74, 6) is -0.253. The van der Waals surface area contributed by atoms with E-state index in [1.807, 2.05) is 6.07 Å². The third-order valence-corrected chi connectivity index (χ3v) is 5.14. The van der Waals surface area contributed by atoms with Crippen molar-refractivity contribution in [3.63, 3.8) is 0 Å². The van der Waals surface area contributed by atoms with Gasteiger partial charge in [-0.15, -0.1) is 0 Å². The SMILES string of the molecule is O=C(c1c[nH]c(=O)cn1)N1CCc2[nH]nc(-c3cccc(Cl)c3Cl)c2C1. The Morgan fingerprint density at radius 3 is 2.88 bits per heavy atom. The first-order valence-electron chi connectivity index (χ1n) is 7.89. The number of aromatic nitrogens is 4. The number of nitrogens with zero attached hydrogens (tertiary/aromatic N) is 3. The third-order valence-electron chi connectivity index (χ3n) is 4.32. The molecule has 0 radical (unpaired) electrons. The van der Waals surface area contributed by atoms with Gasteiger partial charge in [-0.3, -0.25) is 14.7 Å². The quantitative estimate of drug-likeness (QED) is 0.704. The van der Waals surface area contributed by atoms with Crippen LogP contribution < -0.4 is 5.56 Å². The fraction of sp³-hybridized carbons (Fsp3) is 0.176. The summed E-state index contributed by atoms with van der Waals surface area (Å²) < 4.78 is 0.